The van der Waals surface area contributed by atoms with Crippen LogP contribution in [0.25, 0.3) is 32.3 Å². The summed E-state index contributed by atoms with van der Waals surface area (Å²) in [6.07, 6.45) is -8.25. The van der Waals surface area contributed by atoms with Crippen LogP contribution in [0.1, 0.15) is 0 Å². The smallest absolute Gasteiger partial charge is 0.335 e. The van der Waals surface area contributed by atoms with Crippen LogP contribution in [-0.4, -0.2) is 57.1 Å². The van der Waals surface area contributed by atoms with Gasteiger partial charge in [-0.2, -0.15) is 0 Å². The molecule has 1 saturated heterocycles. The first-order valence-corrected chi connectivity index (χ1v) is 9.21. The molecule has 0 radical (unpaired) electrons. The van der Waals surface area contributed by atoms with Gasteiger partial charge in [-0.15, -0.1) is 0 Å². The molecule has 0 aromatic heterocycles. The van der Waals surface area contributed by atoms with Gasteiger partial charge >= 0.3 is 5.97 Å². The van der Waals surface area contributed by atoms with E-state index in [0.29, 0.717) is 5.75 Å². The number of rotatable bonds is 3. The highest BCUT2D eigenvalue weighted by Gasteiger charge is 2.48. The molecule has 0 amide bonds. The average molecular weight is 394 g/mol. The minimum atomic E-state index is -1.76. The van der Waals surface area contributed by atoms with Gasteiger partial charge in [0, 0.05) is 10.8 Å². The first-order chi connectivity index (χ1) is 14.0. The van der Waals surface area contributed by atoms with Gasteiger partial charge in [0.05, 0.1) is 0 Å². The first kappa shape index (κ1) is 18.1. The summed E-state index contributed by atoms with van der Waals surface area (Å²) in [5.74, 6) is -1.07. The Balaban J connectivity index is 1.61. The topological polar surface area (TPSA) is 116 Å². The van der Waals surface area contributed by atoms with E-state index in [-0.39, 0.29) is 0 Å². The van der Waals surface area contributed by atoms with Gasteiger partial charge < -0.3 is 29.9 Å². The average Bonchev–Trinajstić information content (AvgIpc) is 2.73. The Morgan fingerprint density at radius 3 is 2.10 bits per heavy atom. The second-order valence-electron chi connectivity index (χ2n) is 7.27. The lowest BCUT2D eigenvalue weighted by atomic mass is 9.94. The van der Waals surface area contributed by atoms with Crippen molar-refractivity contribution in [3.05, 3.63) is 54.6 Å². The van der Waals surface area contributed by atoms with Crippen molar-refractivity contribution < 1.29 is 34.7 Å². The molecule has 0 aliphatic carbocycles. The van der Waals surface area contributed by atoms with E-state index in [0.717, 1.165) is 32.3 Å². The summed E-state index contributed by atoms with van der Waals surface area (Å²) >= 11 is 0. The van der Waals surface area contributed by atoms with E-state index in [2.05, 4.69) is 0 Å². The quantitative estimate of drug-likeness (QED) is 0.392. The van der Waals surface area contributed by atoms with Crippen molar-refractivity contribution in [1.29, 1.82) is 0 Å². The molecule has 7 nitrogen and oxygen atoms in total. The Bertz CT molecular complexity index is 1200. The van der Waals surface area contributed by atoms with Crippen LogP contribution in [-0.2, 0) is 9.53 Å². The van der Waals surface area contributed by atoms with E-state index in [1.807, 2.05) is 48.5 Å². The molecule has 148 valence electrons. The number of carboxylic acid groups (broad SMARTS) is 1. The lowest BCUT2D eigenvalue weighted by molar-refractivity contribution is -0.270. The molecule has 0 bridgehead atoms. The number of aliphatic hydroxyl groups is 3. The maximum Gasteiger partial charge on any atom is 0.335 e. The fourth-order valence-electron chi connectivity index (χ4n) is 4.09. The van der Waals surface area contributed by atoms with Crippen LogP contribution in [0, 0.1) is 0 Å². The molecule has 29 heavy (non-hydrogen) atoms. The van der Waals surface area contributed by atoms with E-state index >= 15 is 0 Å². The van der Waals surface area contributed by atoms with Crippen molar-refractivity contribution in [3.8, 4) is 5.75 Å². The van der Waals surface area contributed by atoms with Crippen molar-refractivity contribution >= 4 is 38.3 Å². The molecular formula is C22H18O7. The first-order valence-electron chi connectivity index (χ1n) is 9.21. The number of ether oxygens (including phenoxy) is 2. The van der Waals surface area contributed by atoms with Gasteiger partial charge in [0.2, 0.25) is 6.29 Å². The van der Waals surface area contributed by atoms with Gasteiger partial charge in [0.15, 0.2) is 6.10 Å². The van der Waals surface area contributed by atoms with E-state index in [1.54, 1.807) is 6.07 Å². The number of aliphatic carboxylic acids is 1. The molecule has 4 aromatic carbocycles. The highest BCUT2D eigenvalue weighted by atomic mass is 16.7. The van der Waals surface area contributed by atoms with Gasteiger partial charge in [0.1, 0.15) is 24.1 Å². The number of carbonyl (C=O) groups is 1. The zero-order valence-electron chi connectivity index (χ0n) is 15.1. The van der Waals surface area contributed by atoms with Gasteiger partial charge in [-0.25, -0.2) is 4.79 Å². The summed E-state index contributed by atoms with van der Waals surface area (Å²) in [7, 11) is 0. The van der Waals surface area contributed by atoms with Crippen molar-refractivity contribution in [3.63, 3.8) is 0 Å². The number of hydrogen-bond donors (Lipinski definition) is 4. The fourth-order valence-corrected chi connectivity index (χ4v) is 4.09. The summed E-state index contributed by atoms with van der Waals surface area (Å²) in [5, 5.41) is 45.4. The van der Waals surface area contributed by atoms with E-state index in [1.165, 1.54) is 0 Å². The van der Waals surface area contributed by atoms with Crippen LogP contribution in [0.15, 0.2) is 54.6 Å². The summed E-state index contributed by atoms with van der Waals surface area (Å²) in [4.78, 5) is 11.3. The minimum absolute atomic E-state index is 0.382. The number of aliphatic hydroxyl groups excluding tert-OH is 3. The number of carboxylic acids is 1. The van der Waals surface area contributed by atoms with E-state index < -0.39 is 36.7 Å². The van der Waals surface area contributed by atoms with Gasteiger partial charge in [-0.3, -0.25) is 0 Å². The molecule has 1 fully saturated rings. The highest BCUT2D eigenvalue weighted by molar-refractivity contribution is 6.24. The lowest BCUT2D eigenvalue weighted by Gasteiger charge is -2.38. The maximum absolute atomic E-state index is 11.3. The van der Waals surface area contributed by atoms with Gasteiger partial charge in [0.25, 0.3) is 0 Å². The molecule has 0 saturated carbocycles. The zero-order valence-corrected chi connectivity index (χ0v) is 15.1. The Morgan fingerprint density at radius 2 is 1.41 bits per heavy atom. The van der Waals surface area contributed by atoms with Crippen molar-refractivity contribution in [2.75, 3.05) is 0 Å². The maximum atomic E-state index is 11.3. The largest absolute Gasteiger partial charge is 0.479 e. The van der Waals surface area contributed by atoms with Crippen LogP contribution in [0.2, 0.25) is 0 Å². The van der Waals surface area contributed by atoms with Crippen LogP contribution < -0.4 is 4.74 Å². The minimum Gasteiger partial charge on any atom is -0.479 e. The van der Waals surface area contributed by atoms with Crippen LogP contribution in [0.3, 0.4) is 0 Å². The molecule has 4 N–H and O–H groups in total. The van der Waals surface area contributed by atoms with Gasteiger partial charge in [-0.05, 0) is 33.7 Å². The molecule has 5 unspecified atom stereocenters. The Kier molecular flexibility index (Phi) is 4.07. The summed E-state index contributed by atoms with van der Waals surface area (Å²) in [6.45, 7) is 0. The predicted octanol–water partition coefficient (Wildman–Crippen LogP) is 1.85. The van der Waals surface area contributed by atoms with E-state index in [4.69, 9.17) is 9.47 Å². The molecule has 4 aromatic rings. The second-order valence-corrected chi connectivity index (χ2v) is 7.27. The van der Waals surface area contributed by atoms with Crippen LogP contribution >= 0.6 is 0 Å². The third kappa shape index (κ3) is 2.71. The normalized spacial score (nSPS) is 27.6. The Hall–Kier alpha value is -2.97. The lowest BCUT2D eigenvalue weighted by Crippen LogP contribution is -2.61. The van der Waals surface area contributed by atoms with E-state index in [9.17, 15) is 25.2 Å². The van der Waals surface area contributed by atoms with Crippen molar-refractivity contribution in [1.82, 2.24) is 0 Å². The molecule has 1 aliphatic heterocycles. The molecule has 0 spiro atoms. The number of benzene rings is 4. The molecule has 5 rings (SSSR count). The molecule has 1 aliphatic rings. The Morgan fingerprint density at radius 1 is 0.793 bits per heavy atom. The van der Waals surface area contributed by atoms with Gasteiger partial charge in [-0.1, -0.05) is 42.5 Å². The predicted molar refractivity (Wildman–Crippen MR) is 105 cm³/mol. The molecule has 7 heteroatoms. The third-order valence-corrected chi connectivity index (χ3v) is 5.54. The molecular weight excluding hydrogens is 376 g/mol. The summed E-state index contributed by atoms with van der Waals surface area (Å²) in [5.41, 5.74) is 0. The summed E-state index contributed by atoms with van der Waals surface area (Å²) < 4.78 is 11.1. The molecule has 5 atom stereocenters. The monoisotopic (exact) mass is 394 g/mol. The fraction of sp³-hybridized carbons (Fsp3) is 0.227. The van der Waals surface area contributed by atoms with Crippen LogP contribution in [0.4, 0.5) is 0 Å². The standard InChI is InChI=1S/C22H18O7/c23-17-18(24)20(21(26)27)29-22(19(17)25)28-14-9-7-12-5-4-10-2-1-3-11-6-8-13(14)16(12)15(10)11/h1-9,17-20,22-25H,(H,26,27). The van der Waals surface area contributed by atoms with Crippen molar-refractivity contribution in [2.45, 2.75) is 30.7 Å². The second kappa shape index (κ2) is 6.53. The number of hydrogen-bond acceptors (Lipinski definition) is 6. The van der Waals surface area contributed by atoms with Crippen LogP contribution in [0.5, 0.6) is 5.75 Å². The highest BCUT2D eigenvalue weighted by Crippen LogP contribution is 2.39. The summed E-state index contributed by atoms with van der Waals surface area (Å²) in [6, 6.07) is 17.6. The van der Waals surface area contributed by atoms with Crippen molar-refractivity contribution in [2.24, 2.45) is 0 Å². The molecule has 1 heterocycles. The zero-order chi connectivity index (χ0) is 20.3. The Labute approximate surface area is 164 Å². The third-order valence-electron chi connectivity index (χ3n) is 5.54. The SMILES string of the molecule is O=C(O)C1OC(Oc2ccc3ccc4cccc5ccc2c3c45)C(O)C(O)C1O.